The van der Waals surface area contributed by atoms with Crippen molar-refractivity contribution < 1.29 is 44.1 Å². The van der Waals surface area contributed by atoms with E-state index in [1.54, 1.807) is 24.3 Å². The molecule has 12 heteroatoms. The van der Waals surface area contributed by atoms with Gasteiger partial charge < -0.3 is 18.9 Å². The van der Waals surface area contributed by atoms with Crippen LogP contribution in [0.4, 0.5) is 0 Å². The second-order valence-corrected chi connectivity index (χ2v) is 11.2. The van der Waals surface area contributed by atoms with Gasteiger partial charge in [0.15, 0.2) is 12.6 Å². The molecule has 0 amide bonds. The summed E-state index contributed by atoms with van der Waals surface area (Å²) in [6.45, 7) is -0.279. The maximum absolute atomic E-state index is 11.9. The van der Waals surface area contributed by atoms with Gasteiger partial charge in [0.05, 0.1) is 25.7 Å². The van der Waals surface area contributed by atoms with E-state index in [4.69, 9.17) is 27.3 Å². The maximum atomic E-state index is 11.9. The first kappa shape index (κ1) is 25.2. The lowest BCUT2D eigenvalue weighted by Gasteiger charge is -2.44. The summed E-state index contributed by atoms with van der Waals surface area (Å²) in [5.74, 6) is 0. The van der Waals surface area contributed by atoms with Gasteiger partial charge in [-0.2, -0.15) is 16.8 Å². The topological polar surface area (TPSA) is 124 Å². The molecule has 0 aromatic heterocycles. The van der Waals surface area contributed by atoms with Crippen molar-refractivity contribution in [3.05, 3.63) is 71.8 Å². The monoisotopic (exact) mass is 514 g/mol. The van der Waals surface area contributed by atoms with Crippen LogP contribution in [-0.2, 0) is 47.5 Å². The molecule has 2 fully saturated rings. The Balaban J connectivity index is 1.67. The van der Waals surface area contributed by atoms with Crippen LogP contribution in [0.15, 0.2) is 60.7 Å². The van der Waals surface area contributed by atoms with Gasteiger partial charge in [0.25, 0.3) is 20.2 Å². The highest BCUT2D eigenvalue weighted by Gasteiger charge is 2.48. The average Bonchev–Trinajstić information content (AvgIpc) is 2.79. The van der Waals surface area contributed by atoms with E-state index in [1.807, 2.05) is 36.4 Å². The van der Waals surface area contributed by atoms with Crippen molar-refractivity contribution in [3.8, 4) is 0 Å². The van der Waals surface area contributed by atoms with E-state index in [1.165, 1.54) is 0 Å². The van der Waals surface area contributed by atoms with Gasteiger partial charge in [0.1, 0.15) is 24.4 Å². The van der Waals surface area contributed by atoms with Crippen LogP contribution < -0.4 is 0 Å². The summed E-state index contributed by atoms with van der Waals surface area (Å²) < 4.78 is 82.0. The van der Waals surface area contributed by atoms with Crippen LogP contribution in [0.2, 0.25) is 0 Å². The molecule has 0 spiro atoms. The van der Waals surface area contributed by atoms with E-state index in [9.17, 15) is 16.8 Å². The predicted octanol–water partition coefficient (Wildman–Crippen LogP) is 1.90. The molecule has 4 rings (SSSR count). The molecule has 2 aliphatic rings. The first-order valence-electron chi connectivity index (χ1n) is 10.5. The van der Waals surface area contributed by atoms with Crippen LogP contribution in [-0.4, -0.2) is 67.0 Å². The summed E-state index contributed by atoms with van der Waals surface area (Å²) in [6, 6.07) is 18.1. The third-order valence-corrected chi connectivity index (χ3v) is 6.38. The van der Waals surface area contributed by atoms with Gasteiger partial charge in [-0.05, 0) is 0 Å². The van der Waals surface area contributed by atoms with Crippen molar-refractivity contribution in [2.24, 2.45) is 0 Å². The Kier molecular flexibility index (Phi) is 7.69. The van der Waals surface area contributed by atoms with Gasteiger partial charge in [-0.25, -0.2) is 0 Å². The molecule has 2 aromatic rings. The van der Waals surface area contributed by atoms with E-state index < -0.39 is 57.2 Å². The smallest absolute Gasteiger partial charge is 0.264 e. The number of rotatable bonds is 7. The van der Waals surface area contributed by atoms with E-state index in [0.29, 0.717) is 11.1 Å². The Bertz CT molecular complexity index is 1060. The van der Waals surface area contributed by atoms with Crippen LogP contribution in [0.25, 0.3) is 0 Å². The van der Waals surface area contributed by atoms with Crippen molar-refractivity contribution in [1.82, 2.24) is 0 Å². The number of hydrogen-bond donors (Lipinski definition) is 0. The van der Waals surface area contributed by atoms with E-state index in [0.717, 1.165) is 12.5 Å². The summed E-state index contributed by atoms with van der Waals surface area (Å²) in [5, 5.41) is 0. The van der Waals surface area contributed by atoms with Crippen molar-refractivity contribution in [3.63, 3.8) is 0 Å². The molecule has 0 saturated carbocycles. The van der Waals surface area contributed by atoms with Gasteiger partial charge in [-0.3, -0.25) is 8.37 Å². The third kappa shape index (κ3) is 6.61. The molecule has 0 N–H and O–H groups in total. The van der Waals surface area contributed by atoms with Gasteiger partial charge in [0.2, 0.25) is 0 Å². The molecular weight excluding hydrogens is 488 g/mol. The Morgan fingerprint density at radius 3 is 1.32 bits per heavy atom. The molecule has 34 heavy (non-hydrogen) atoms. The lowest BCUT2D eigenvalue weighted by atomic mass is 10.0. The normalized spacial score (nSPS) is 30.6. The third-order valence-electron chi connectivity index (χ3n) is 5.18. The molecule has 0 aliphatic carbocycles. The summed E-state index contributed by atoms with van der Waals surface area (Å²) in [5.41, 5.74) is 1.38. The van der Waals surface area contributed by atoms with E-state index >= 15 is 0 Å². The number of ether oxygens (including phenoxy) is 4. The van der Waals surface area contributed by atoms with Crippen LogP contribution in [0.1, 0.15) is 23.7 Å². The standard InChI is InChI=1S/C22H26O10S2/c1-33(23,24)31-17-13-27-21(15-9-5-3-6-10-15)29-19(17)20-18(32-34(2,25)26)14-28-22(30-20)16-11-7-4-8-12-16/h3-12,17-22H,13-14H2,1-2H3/t17-,18-,19-,20-,21?,22?/m1/s1. The molecule has 0 bridgehead atoms. The molecule has 10 nitrogen and oxygen atoms in total. The SMILES string of the molecule is CS(=O)(=O)O[C@@H]1COC(c2ccccc2)O[C@H]1[C@@H]1OC(c2ccccc2)OC[C@H]1OS(C)(=O)=O. The second kappa shape index (κ2) is 10.4. The highest BCUT2D eigenvalue weighted by atomic mass is 32.2. The minimum absolute atomic E-state index is 0.139. The van der Waals surface area contributed by atoms with Gasteiger partial charge in [0, 0.05) is 11.1 Å². The minimum atomic E-state index is -3.90. The number of benzene rings is 2. The number of hydrogen-bond acceptors (Lipinski definition) is 10. The Morgan fingerprint density at radius 2 is 1.00 bits per heavy atom. The lowest BCUT2D eigenvalue weighted by Crippen LogP contribution is -2.57. The minimum Gasteiger partial charge on any atom is -0.346 e. The molecule has 2 saturated heterocycles. The first-order valence-corrected chi connectivity index (χ1v) is 14.1. The first-order chi connectivity index (χ1) is 16.1. The average molecular weight is 515 g/mol. The van der Waals surface area contributed by atoms with Crippen LogP contribution in [0, 0.1) is 0 Å². The molecule has 6 atom stereocenters. The fourth-order valence-electron chi connectivity index (χ4n) is 3.86. The largest absolute Gasteiger partial charge is 0.346 e. The molecular formula is C22H26O10S2. The van der Waals surface area contributed by atoms with Crippen molar-refractivity contribution in [2.45, 2.75) is 37.0 Å². The van der Waals surface area contributed by atoms with E-state index in [-0.39, 0.29) is 13.2 Å². The zero-order valence-corrected chi connectivity index (χ0v) is 20.2. The van der Waals surface area contributed by atoms with Crippen molar-refractivity contribution >= 4 is 20.2 Å². The van der Waals surface area contributed by atoms with Crippen LogP contribution in [0.5, 0.6) is 0 Å². The van der Waals surface area contributed by atoms with Crippen molar-refractivity contribution in [1.29, 1.82) is 0 Å². The van der Waals surface area contributed by atoms with Crippen molar-refractivity contribution in [2.75, 3.05) is 25.7 Å². The predicted molar refractivity (Wildman–Crippen MR) is 119 cm³/mol. The Labute approximate surface area is 198 Å². The van der Waals surface area contributed by atoms with E-state index in [2.05, 4.69) is 0 Å². The fourth-order valence-corrected chi connectivity index (χ4v) is 5.08. The van der Waals surface area contributed by atoms with Crippen LogP contribution >= 0.6 is 0 Å². The zero-order chi connectivity index (χ0) is 24.3. The molecule has 2 unspecified atom stereocenters. The fraction of sp³-hybridized carbons (Fsp3) is 0.455. The maximum Gasteiger partial charge on any atom is 0.264 e. The molecule has 2 aromatic carbocycles. The highest BCUT2D eigenvalue weighted by molar-refractivity contribution is 7.86. The lowest BCUT2D eigenvalue weighted by molar-refractivity contribution is -0.325. The van der Waals surface area contributed by atoms with Crippen LogP contribution in [0.3, 0.4) is 0 Å². The Hall–Kier alpha value is -1.90. The van der Waals surface area contributed by atoms with Gasteiger partial charge in [-0.1, -0.05) is 60.7 Å². The summed E-state index contributed by atoms with van der Waals surface area (Å²) in [7, 11) is -7.80. The zero-order valence-electron chi connectivity index (χ0n) is 18.6. The van der Waals surface area contributed by atoms with Gasteiger partial charge >= 0.3 is 0 Å². The quantitative estimate of drug-likeness (QED) is 0.506. The molecule has 2 heterocycles. The summed E-state index contributed by atoms with van der Waals surface area (Å²) in [4.78, 5) is 0. The summed E-state index contributed by atoms with van der Waals surface area (Å²) in [6.07, 6.45) is -4.23. The second-order valence-electron chi connectivity index (χ2n) is 8.03. The molecule has 0 radical (unpaired) electrons. The van der Waals surface area contributed by atoms with Gasteiger partial charge in [-0.15, -0.1) is 0 Å². The highest BCUT2D eigenvalue weighted by Crippen LogP contribution is 2.37. The summed E-state index contributed by atoms with van der Waals surface area (Å²) >= 11 is 0. The molecule has 186 valence electrons. The molecule has 2 aliphatic heterocycles. The Morgan fingerprint density at radius 1 is 0.647 bits per heavy atom.